The number of benzene rings is 2. The van der Waals surface area contributed by atoms with Crippen molar-refractivity contribution in [2.24, 2.45) is 0 Å². The highest BCUT2D eigenvalue weighted by atomic mass is 32.1. The van der Waals surface area contributed by atoms with Crippen LogP contribution >= 0.6 is 11.3 Å². The van der Waals surface area contributed by atoms with Gasteiger partial charge < -0.3 is 15.5 Å². The zero-order chi connectivity index (χ0) is 22.5. The second-order valence-corrected chi connectivity index (χ2v) is 9.29. The van der Waals surface area contributed by atoms with Crippen molar-refractivity contribution in [3.05, 3.63) is 81.5 Å². The molecule has 5 nitrogen and oxygen atoms in total. The topological polar surface area (TPSA) is 61.4 Å². The summed E-state index contributed by atoms with van der Waals surface area (Å²) in [7, 11) is 0. The molecule has 0 aliphatic carbocycles. The van der Waals surface area contributed by atoms with E-state index in [4.69, 9.17) is 0 Å². The Hall–Kier alpha value is -3.12. The smallest absolute Gasteiger partial charge is 0.253 e. The van der Waals surface area contributed by atoms with E-state index in [1.807, 2.05) is 36.6 Å². The highest BCUT2D eigenvalue weighted by Gasteiger charge is 2.22. The largest absolute Gasteiger partial charge is 0.366 e. The summed E-state index contributed by atoms with van der Waals surface area (Å²) in [6, 6.07) is 18.1. The molecule has 1 atom stereocenters. The fraction of sp³-hybridized carbons (Fsp3) is 0.308. The molecule has 1 unspecified atom stereocenters. The molecule has 0 fully saturated rings. The number of hydrogen-bond acceptors (Lipinski definition) is 4. The van der Waals surface area contributed by atoms with Crippen molar-refractivity contribution in [3.63, 3.8) is 0 Å². The van der Waals surface area contributed by atoms with Gasteiger partial charge in [-0.25, -0.2) is 0 Å². The van der Waals surface area contributed by atoms with Crippen molar-refractivity contribution >= 4 is 34.5 Å². The van der Waals surface area contributed by atoms with E-state index in [2.05, 4.69) is 46.7 Å². The molecule has 2 heterocycles. The Kier molecular flexibility index (Phi) is 6.90. The number of amides is 2. The predicted octanol–water partition coefficient (Wildman–Crippen LogP) is 5.02. The van der Waals surface area contributed by atoms with Crippen molar-refractivity contribution in [1.29, 1.82) is 0 Å². The van der Waals surface area contributed by atoms with Crippen LogP contribution in [0.2, 0.25) is 0 Å². The van der Waals surface area contributed by atoms with Crippen LogP contribution in [0.25, 0.3) is 0 Å². The number of nitrogens with one attached hydrogen (secondary N) is 2. The van der Waals surface area contributed by atoms with Crippen molar-refractivity contribution in [1.82, 2.24) is 5.32 Å². The highest BCUT2D eigenvalue weighted by molar-refractivity contribution is 7.10. The zero-order valence-electron chi connectivity index (χ0n) is 18.6. The summed E-state index contributed by atoms with van der Waals surface area (Å²) in [5.74, 6) is -0.192. The van der Waals surface area contributed by atoms with E-state index >= 15 is 0 Å². The number of carbonyl (C=O) groups is 2. The molecule has 1 aliphatic rings. The number of rotatable bonds is 7. The maximum Gasteiger partial charge on any atom is 0.253 e. The number of anilines is 2. The van der Waals surface area contributed by atoms with E-state index < -0.39 is 0 Å². The second-order valence-electron chi connectivity index (χ2n) is 8.26. The van der Waals surface area contributed by atoms with Gasteiger partial charge in [-0.2, -0.15) is 0 Å². The first kappa shape index (κ1) is 22.1. The lowest BCUT2D eigenvalue weighted by molar-refractivity contribution is -0.115. The van der Waals surface area contributed by atoms with Crippen LogP contribution in [0.5, 0.6) is 0 Å². The lowest BCUT2D eigenvalue weighted by atomic mass is 9.98. The van der Waals surface area contributed by atoms with Gasteiger partial charge in [0.25, 0.3) is 5.91 Å². The van der Waals surface area contributed by atoms with Crippen LogP contribution in [-0.4, -0.2) is 24.4 Å². The van der Waals surface area contributed by atoms with Gasteiger partial charge >= 0.3 is 0 Å². The third-order valence-corrected chi connectivity index (χ3v) is 6.78. The first-order valence-corrected chi connectivity index (χ1v) is 12.0. The molecule has 1 aromatic heterocycles. The molecule has 2 N–H and O–H groups in total. The molecule has 4 rings (SSSR count). The Morgan fingerprint density at radius 3 is 2.66 bits per heavy atom. The van der Waals surface area contributed by atoms with E-state index in [-0.39, 0.29) is 17.9 Å². The van der Waals surface area contributed by atoms with Gasteiger partial charge in [-0.3, -0.25) is 9.59 Å². The third kappa shape index (κ3) is 5.19. The van der Waals surface area contributed by atoms with E-state index in [1.165, 1.54) is 11.1 Å². The number of nitrogens with zero attached hydrogens (tertiary/aromatic N) is 1. The van der Waals surface area contributed by atoms with Gasteiger partial charge in [-0.05, 0) is 60.5 Å². The van der Waals surface area contributed by atoms with Crippen molar-refractivity contribution in [3.8, 4) is 0 Å². The first-order valence-electron chi connectivity index (χ1n) is 11.1. The van der Waals surface area contributed by atoms with Crippen LogP contribution < -0.4 is 15.5 Å². The molecule has 0 spiro atoms. The minimum atomic E-state index is -0.109. The fourth-order valence-corrected chi connectivity index (χ4v) is 4.66. The minimum Gasteiger partial charge on any atom is -0.366 e. The molecule has 6 heteroatoms. The summed E-state index contributed by atoms with van der Waals surface area (Å²) >= 11 is 1.56. The molecular weight excluding hydrogens is 418 g/mol. The van der Waals surface area contributed by atoms with E-state index in [0.717, 1.165) is 36.5 Å². The van der Waals surface area contributed by atoms with Crippen LogP contribution in [0, 0.1) is 0 Å². The van der Waals surface area contributed by atoms with Crippen LogP contribution in [0.3, 0.4) is 0 Å². The van der Waals surface area contributed by atoms with Gasteiger partial charge in [0.2, 0.25) is 5.91 Å². The van der Waals surface area contributed by atoms with E-state index in [1.54, 1.807) is 17.4 Å². The van der Waals surface area contributed by atoms with Gasteiger partial charge in [0, 0.05) is 35.4 Å². The summed E-state index contributed by atoms with van der Waals surface area (Å²) in [5.41, 5.74) is 4.80. The van der Waals surface area contributed by atoms with Crippen LogP contribution in [-0.2, 0) is 24.2 Å². The highest BCUT2D eigenvalue weighted by Crippen LogP contribution is 2.30. The molecule has 0 bridgehead atoms. The fourth-order valence-electron chi connectivity index (χ4n) is 3.95. The van der Waals surface area contributed by atoms with E-state index in [9.17, 15) is 9.59 Å². The molecular formula is C26H29N3O2S. The number of carbonyl (C=O) groups excluding carboxylic acids is 2. The number of hydrogen-bond donors (Lipinski definition) is 2. The van der Waals surface area contributed by atoms with Gasteiger partial charge in [0.1, 0.15) is 0 Å². The summed E-state index contributed by atoms with van der Waals surface area (Å²) < 4.78 is 0. The van der Waals surface area contributed by atoms with Gasteiger partial charge in [0.15, 0.2) is 0 Å². The van der Waals surface area contributed by atoms with Gasteiger partial charge in [-0.1, -0.05) is 37.3 Å². The van der Waals surface area contributed by atoms with Crippen LogP contribution in [0.1, 0.15) is 46.6 Å². The number of thiophene rings is 1. The Morgan fingerprint density at radius 1 is 1.09 bits per heavy atom. The van der Waals surface area contributed by atoms with Crippen molar-refractivity contribution in [2.45, 2.75) is 45.7 Å². The Morgan fingerprint density at radius 2 is 1.91 bits per heavy atom. The predicted molar refractivity (Wildman–Crippen MR) is 132 cm³/mol. The van der Waals surface area contributed by atoms with Gasteiger partial charge in [-0.15, -0.1) is 11.3 Å². The van der Waals surface area contributed by atoms with Crippen LogP contribution in [0.4, 0.5) is 11.4 Å². The maximum atomic E-state index is 13.2. The second kappa shape index (κ2) is 10.0. The minimum absolute atomic E-state index is 0.0782. The standard InChI is InChI=1S/C26H29N3O2S/c1-3-18(2)27-26(31)23-15-21(28-25(30)16-22-9-6-14-32-22)10-11-24(23)29-13-12-19-7-4-5-8-20(19)17-29/h4-11,14-15,18H,3,12-13,16-17H2,1-2H3,(H,27,31)(H,28,30). The average Bonchev–Trinajstić information content (AvgIpc) is 3.31. The van der Waals surface area contributed by atoms with Gasteiger partial charge in [0.05, 0.1) is 12.0 Å². The molecule has 2 amide bonds. The quantitative estimate of drug-likeness (QED) is 0.535. The normalized spacial score (nSPS) is 13.9. The SMILES string of the molecule is CCC(C)NC(=O)c1cc(NC(=O)Cc2cccs2)ccc1N1CCc2ccccc2C1. The molecule has 0 saturated carbocycles. The molecule has 3 aromatic rings. The molecule has 32 heavy (non-hydrogen) atoms. The summed E-state index contributed by atoms with van der Waals surface area (Å²) in [5, 5.41) is 8.01. The lowest BCUT2D eigenvalue weighted by Gasteiger charge is -2.32. The molecule has 1 aliphatic heterocycles. The number of fused-ring (bicyclic) bond motifs is 1. The first-order chi connectivity index (χ1) is 15.5. The van der Waals surface area contributed by atoms with E-state index in [0.29, 0.717) is 17.7 Å². The lowest BCUT2D eigenvalue weighted by Crippen LogP contribution is -2.35. The molecule has 166 valence electrons. The molecule has 0 saturated heterocycles. The summed E-state index contributed by atoms with van der Waals surface area (Å²) in [4.78, 5) is 28.9. The van der Waals surface area contributed by atoms with Crippen molar-refractivity contribution < 1.29 is 9.59 Å². The van der Waals surface area contributed by atoms with Crippen LogP contribution in [0.15, 0.2) is 60.0 Å². The summed E-state index contributed by atoms with van der Waals surface area (Å²) in [6.45, 7) is 5.67. The average molecular weight is 448 g/mol. The maximum absolute atomic E-state index is 13.2. The molecule has 0 radical (unpaired) electrons. The molecule has 2 aromatic carbocycles. The third-order valence-electron chi connectivity index (χ3n) is 5.90. The zero-order valence-corrected chi connectivity index (χ0v) is 19.4. The Bertz CT molecular complexity index is 1090. The monoisotopic (exact) mass is 447 g/mol. The summed E-state index contributed by atoms with van der Waals surface area (Å²) in [6.07, 6.45) is 2.13. The Balaban J connectivity index is 1.59. The van der Waals surface area contributed by atoms with Crippen molar-refractivity contribution in [2.75, 3.05) is 16.8 Å². The Labute approximate surface area is 193 Å².